The summed E-state index contributed by atoms with van der Waals surface area (Å²) >= 11 is 1.43. The van der Waals surface area contributed by atoms with Crippen molar-refractivity contribution in [1.29, 1.82) is 0 Å². The van der Waals surface area contributed by atoms with E-state index in [1.807, 2.05) is 35.0 Å². The lowest BCUT2D eigenvalue weighted by atomic mass is 10.1. The van der Waals surface area contributed by atoms with Crippen LogP contribution in [0.15, 0.2) is 53.9 Å². The lowest BCUT2D eigenvalue weighted by Crippen LogP contribution is -2.27. The number of benzene rings is 2. The topological polar surface area (TPSA) is 65.4 Å². The fourth-order valence-corrected chi connectivity index (χ4v) is 3.94. The number of nitrogens with one attached hydrogen (secondary N) is 1. The van der Waals surface area contributed by atoms with E-state index in [0.717, 1.165) is 16.4 Å². The van der Waals surface area contributed by atoms with Crippen molar-refractivity contribution in [2.24, 2.45) is 0 Å². The number of rotatable bonds is 9. The van der Waals surface area contributed by atoms with Crippen molar-refractivity contribution < 1.29 is 14.3 Å². The number of aryl methyl sites for hydroxylation is 1. The minimum Gasteiger partial charge on any atom is -0.493 e. The van der Waals surface area contributed by atoms with Crippen LogP contribution in [0.1, 0.15) is 16.7 Å². The van der Waals surface area contributed by atoms with Crippen LogP contribution < -0.4 is 14.8 Å². The SMILES string of the molecule is COc1ccc(CCNC(=O)CSc2nccn2-c2cccc(C)c2C)cc1OC. The fourth-order valence-electron chi connectivity index (χ4n) is 3.14. The van der Waals surface area contributed by atoms with Gasteiger partial charge in [-0.25, -0.2) is 4.98 Å². The second kappa shape index (κ2) is 10.2. The molecule has 0 atom stereocenters. The summed E-state index contributed by atoms with van der Waals surface area (Å²) in [5.41, 5.74) is 4.59. The zero-order chi connectivity index (χ0) is 21.5. The molecule has 0 aliphatic heterocycles. The number of carbonyl (C=O) groups is 1. The van der Waals surface area contributed by atoms with Crippen LogP contribution in [0.4, 0.5) is 0 Å². The molecule has 1 heterocycles. The first kappa shape index (κ1) is 21.8. The van der Waals surface area contributed by atoms with Crippen LogP contribution in [0, 0.1) is 13.8 Å². The largest absolute Gasteiger partial charge is 0.493 e. The van der Waals surface area contributed by atoms with Crippen molar-refractivity contribution in [2.45, 2.75) is 25.4 Å². The van der Waals surface area contributed by atoms with Crippen LogP contribution in [-0.4, -0.2) is 42.0 Å². The predicted octanol–water partition coefficient (Wildman–Crippen LogP) is 3.96. The molecule has 3 rings (SSSR count). The predicted molar refractivity (Wildman–Crippen MR) is 120 cm³/mol. The summed E-state index contributed by atoms with van der Waals surface area (Å²) in [5.74, 6) is 1.68. The quantitative estimate of drug-likeness (QED) is 0.526. The highest BCUT2D eigenvalue weighted by atomic mass is 32.2. The Labute approximate surface area is 181 Å². The average molecular weight is 426 g/mol. The maximum absolute atomic E-state index is 12.3. The lowest BCUT2D eigenvalue weighted by molar-refractivity contribution is -0.118. The summed E-state index contributed by atoms with van der Waals surface area (Å²) in [6.45, 7) is 4.74. The first-order valence-electron chi connectivity index (χ1n) is 9.73. The van der Waals surface area contributed by atoms with E-state index >= 15 is 0 Å². The van der Waals surface area contributed by atoms with Gasteiger partial charge >= 0.3 is 0 Å². The van der Waals surface area contributed by atoms with Crippen LogP contribution >= 0.6 is 11.8 Å². The van der Waals surface area contributed by atoms with Crippen LogP contribution in [-0.2, 0) is 11.2 Å². The van der Waals surface area contributed by atoms with E-state index in [0.29, 0.717) is 30.2 Å². The first-order chi connectivity index (χ1) is 14.5. The molecule has 6 nitrogen and oxygen atoms in total. The Hall–Kier alpha value is -2.93. The number of carbonyl (C=O) groups excluding carboxylic acids is 1. The second-order valence-corrected chi connectivity index (χ2v) is 7.82. The fraction of sp³-hybridized carbons (Fsp3) is 0.304. The molecule has 1 N–H and O–H groups in total. The van der Waals surface area contributed by atoms with Gasteiger partial charge in [-0.1, -0.05) is 30.0 Å². The maximum Gasteiger partial charge on any atom is 0.230 e. The molecule has 1 amide bonds. The summed E-state index contributed by atoms with van der Waals surface area (Å²) in [5, 5.41) is 3.77. The molecule has 3 aromatic rings. The van der Waals surface area contributed by atoms with Gasteiger partial charge in [0.2, 0.25) is 5.91 Å². The zero-order valence-corrected chi connectivity index (χ0v) is 18.6. The number of aromatic nitrogens is 2. The van der Waals surface area contributed by atoms with Gasteiger partial charge < -0.3 is 14.8 Å². The Kier molecular flexibility index (Phi) is 7.41. The zero-order valence-electron chi connectivity index (χ0n) is 17.8. The minimum absolute atomic E-state index is 0.0176. The molecule has 7 heteroatoms. The van der Waals surface area contributed by atoms with Crippen LogP contribution in [0.3, 0.4) is 0 Å². The summed E-state index contributed by atoms with van der Waals surface area (Å²) in [6, 6.07) is 12.0. The maximum atomic E-state index is 12.3. The van der Waals surface area contributed by atoms with E-state index in [1.165, 1.54) is 22.9 Å². The van der Waals surface area contributed by atoms with Gasteiger partial charge in [-0.05, 0) is 55.2 Å². The van der Waals surface area contributed by atoms with Crippen molar-refractivity contribution in [3.63, 3.8) is 0 Å². The van der Waals surface area contributed by atoms with Gasteiger partial charge in [0.25, 0.3) is 0 Å². The van der Waals surface area contributed by atoms with Gasteiger partial charge in [0.15, 0.2) is 16.7 Å². The molecule has 158 valence electrons. The van der Waals surface area contributed by atoms with Gasteiger partial charge in [0.1, 0.15) is 0 Å². The Bertz CT molecular complexity index is 1020. The summed E-state index contributed by atoms with van der Waals surface area (Å²) in [7, 11) is 3.23. The van der Waals surface area contributed by atoms with Gasteiger partial charge in [0, 0.05) is 18.9 Å². The monoisotopic (exact) mass is 425 g/mol. The number of thioether (sulfide) groups is 1. The van der Waals surface area contributed by atoms with Gasteiger partial charge in [-0.15, -0.1) is 0 Å². The minimum atomic E-state index is -0.0176. The molecule has 0 saturated heterocycles. The molecule has 1 aromatic heterocycles. The van der Waals surface area contributed by atoms with Gasteiger partial charge in [0.05, 0.1) is 25.7 Å². The molecule has 0 fully saturated rings. The Morgan fingerprint density at radius 3 is 2.70 bits per heavy atom. The highest BCUT2D eigenvalue weighted by Gasteiger charge is 2.11. The Morgan fingerprint density at radius 1 is 1.13 bits per heavy atom. The number of methoxy groups -OCH3 is 2. The van der Waals surface area contributed by atoms with Gasteiger partial charge in [-0.2, -0.15) is 0 Å². The van der Waals surface area contributed by atoms with Crippen molar-refractivity contribution >= 4 is 17.7 Å². The normalized spacial score (nSPS) is 10.7. The molecule has 0 aliphatic carbocycles. The van der Waals surface area contributed by atoms with E-state index in [1.54, 1.807) is 20.4 Å². The lowest BCUT2D eigenvalue weighted by Gasteiger charge is -2.12. The molecule has 0 spiro atoms. The summed E-state index contributed by atoms with van der Waals surface area (Å²) < 4.78 is 12.6. The first-order valence-corrected chi connectivity index (χ1v) is 10.7. The van der Waals surface area contributed by atoms with Crippen molar-refractivity contribution in [3.8, 4) is 17.2 Å². The average Bonchev–Trinajstić information content (AvgIpc) is 3.22. The molecule has 2 aromatic carbocycles. The standard InChI is InChI=1S/C23H27N3O3S/c1-16-6-5-7-19(17(16)2)26-13-12-25-23(26)30-15-22(27)24-11-10-18-8-9-20(28-3)21(14-18)29-4/h5-9,12-14H,10-11,15H2,1-4H3,(H,24,27). The van der Waals surface area contributed by atoms with Crippen molar-refractivity contribution in [2.75, 3.05) is 26.5 Å². The number of hydrogen-bond donors (Lipinski definition) is 1. The third-order valence-electron chi connectivity index (χ3n) is 4.96. The molecule has 0 aliphatic rings. The number of amides is 1. The molecule has 0 bridgehead atoms. The molecule has 0 radical (unpaired) electrons. The van der Waals surface area contributed by atoms with Crippen molar-refractivity contribution in [3.05, 3.63) is 65.5 Å². The summed E-state index contributed by atoms with van der Waals surface area (Å²) in [4.78, 5) is 16.7. The summed E-state index contributed by atoms with van der Waals surface area (Å²) in [6.07, 6.45) is 4.41. The molecule has 0 unspecified atom stereocenters. The van der Waals surface area contributed by atoms with Crippen LogP contribution in [0.25, 0.3) is 5.69 Å². The number of ether oxygens (including phenoxy) is 2. The second-order valence-electron chi connectivity index (χ2n) is 6.88. The van der Waals surface area contributed by atoms with E-state index in [9.17, 15) is 4.79 Å². The number of imidazole rings is 1. The Morgan fingerprint density at radius 2 is 1.93 bits per heavy atom. The Balaban J connectivity index is 1.53. The highest BCUT2D eigenvalue weighted by Crippen LogP contribution is 2.27. The molecular weight excluding hydrogens is 398 g/mol. The van der Waals surface area contributed by atoms with Crippen LogP contribution in [0.5, 0.6) is 11.5 Å². The van der Waals surface area contributed by atoms with Gasteiger partial charge in [-0.3, -0.25) is 9.36 Å². The number of hydrogen-bond acceptors (Lipinski definition) is 5. The number of nitrogens with zero attached hydrogens (tertiary/aromatic N) is 2. The molecule has 0 saturated carbocycles. The molecular formula is C23H27N3O3S. The smallest absolute Gasteiger partial charge is 0.230 e. The van der Waals surface area contributed by atoms with E-state index in [4.69, 9.17) is 9.47 Å². The third-order valence-corrected chi connectivity index (χ3v) is 5.93. The van der Waals surface area contributed by atoms with E-state index < -0.39 is 0 Å². The highest BCUT2D eigenvalue weighted by molar-refractivity contribution is 7.99. The molecule has 30 heavy (non-hydrogen) atoms. The van der Waals surface area contributed by atoms with E-state index in [-0.39, 0.29) is 5.91 Å². The van der Waals surface area contributed by atoms with E-state index in [2.05, 4.69) is 36.3 Å². The third kappa shape index (κ3) is 5.16. The van der Waals surface area contributed by atoms with Crippen molar-refractivity contribution in [1.82, 2.24) is 14.9 Å². The van der Waals surface area contributed by atoms with Crippen LogP contribution in [0.2, 0.25) is 0 Å².